The standard InChI is InChI=1S/C28H49N2O9P/c31-20-25-28(35)27(34)24(30-25)19-22(32)21-40(36,37)39-18-12-16-29-26(33)15-10-5-3-1-2-4-6-11-17-38-23-13-8-7-9-14-23/h7-9,13-14,22,24-25,27-28,30-32,34-35H,1-6,10-12,15-21H2,(H,29,33)(H,36,37)/t22-,24-,25-,27-,28-/m1/s1. The number of nitrogens with one attached hydrogen (secondary N) is 2. The first-order chi connectivity index (χ1) is 19.2. The second kappa shape index (κ2) is 19.5. The number of carbonyl (C=O) groups excluding carboxylic acids is 1. The molecule has 1 aliphatic rings. The Morgan fingerprint density at radius 2 is 1.55 bits per heavy atom. The molecule has 2 rings (SSSR count). The minimum atomic E-state index is -4.07. The second-order valence-electron chi connectivity index (χ2n) is 10.5. The summed E-state index contributed by atoms with van der Waals surface area (Å²) in [4.78, 5) is 22.0. The average Bonchev–Trinajstić information content (AvgIpc) is 3.19. The van der Waals surface area contributed by atoms with Crippen molar-refractivity contribution in [1.29, 1.82) is 0 Å². The number of hydrogen-bond acceptors (Lipinski definition) is 9. The Morgan fingerprint density at radius 3 is 2.20 bits per heavy atom. The molecule has 1 amide bonds. The Hall–Kier alpha value is -1.56. The van der Waals surface area contributed by atoms with Gasteiger partial charge in [0.2, 0.25) is 5.91 Å². The summed E-state index contributed by atoms with van der Waals surface area (Å²) < 4.78 is 23.0. The van der Waals surface area contributed by atoms with Crippen LogP contribution in [0.15, 0.2) is 30.3 Å². The lowest BCUT2D eigenvalue weighted by molar-refractivity contribution is -0.121. The van der Waals surface area contributed by atoms with Crippen molar-refractivity contribution in [3.05, 3.63) is 30.3 Å². The number of rotatable bonds is 22. The van der Waals surface area contributed by atoms with Gasteiger partial charge < -0.3 is 45.2 Å². The molecule has 230 valence electrons. The van der Waals surface area contributed by atoms with Crippen LogP contribution in [0.4, 0.5) is 0 Å². The van der Waals surface area contributed by atoms with Gasteiger partial charge in [-0.2, -0.15) is 0 Å². The minimum absolute atomic E-state index is 0.0469. The lowest BCUT2D eigenvalue weighted by Gasteiger charge is -2.21. The summed E-state index contributed by atoms with van der Waals surface area (Å²) in [7, 11) is -4.07. The predicted octanol–water partition coefficient (Wildman–Crippen LogP) is 2.09. The van der Waals surface area contributed by atoms with Crippen LogP contribution in [-0.2, 0) is 13.9 Å². The van der Waals surface area contributed by atoms with Gasteiger partial charge in [0.25, 0.3) is 0 Å². The molecule has 1 heterocycles. The molecule has 0 saturated carbocycles. The number of aliphatic hydroxyl groups is 4. The maximum absolute atomic E-state index is 12.2. The van der Waals surface area contributed by atoms with Crippen molar-refractivity contribution in [2.45, 2.75) is 101 Å². The second-order valence-corrected chi connectivity index (χ2v) is 12.4. The fourth-order valence-corrected chi connectivity index (χ4v) is 5.96. The fourth-order valence-electron chi connectivity index (χ4n) is 4.75. The highest BCUT2D eigenvalue weighted by Gasteiger charge is 2.41. The molecule has 0 bridgehead atoms. The van der Waals surface area contributed by atoms with Crippen LogP contribution in [-0.4, -0.2) is 94.1 Å². The lowest BCUT2D eigenvalue weighted by Crippen LogP contribution is -2.38. The van der Waals surface area contributed by atoms with Gasteiger partial charge in [0, 0.05) is 19.0 Å². The third kappa shape index (κ3) is 14.4. The summed E-state index contributed by atoms with van der Waals surface area (Å²) in [5, 5.41) is 44.7. The molecule has 0 spiro atoms. The zero-order valence-corrected chi connectivity index (χ0v) is 24.3. The molecule has 6 atom stereocenters. The molecule has 12 heteroatoms. The van der Waals surface area contributed by atoms with Crippen LogP contribution >= 0.6 is 7.60 Å². The normalized spacial score (nSPS) is 23.0. The summed E-state index contributed by atoms with van der Waals surface area (Å²) in [5.41, 5.74) is 0. The predicted molar refractivity (Wildman–Crippen MR) is 152 cm³/mol. The van der Waals surface area contributed by atoms with Crippen molar-refractivity contribution < 1.29 is 43.9 Å². The number of carbonyl (C=O) groups is 1. The van der Waals surface area contributed by atoms with E-state index in [-0.39, 0.29) is 25.5 Å². The monoisotopic (exact) mass is 588 g/mol. The van der Waals surface area contributed by atoms with Gasteiger partial charge in [0.05, 0.1) is 50.3 Å². The number of benzene rings is 1. The summed E-state index contributed by atoms with van der Waals surface area (Å²) >= 11 is 0. The van der Waals surface area contributed by atoms with Crippen molar-refractivity contribution in [1.82, 2.24) is 10.6 Å². The maximum atomic E-state index is 12.2. The van der Waals surface area contributed by atoms with Crippen LogP contribution < -0.4 is 15.4 Å². The number of aliphatic hydroxyl groups excluding tert-OH is 4. The summed E-state index contributed by atoms with van der Waals surface area (Å²) in [5.74, 6) is 0.868. The molecule has 11 nitrogen and oxygen atoms in total. The van der Waals surface area contributed by atoms with E-state index in [1.807, 2.05) is 30.3 Å². The molecule has 40 heavy (non-hydrogen) atoms. The summed E-state index contributed by atoms with van der Waals surface area (Å²) in [6.07, 6.45) is 5.30. The molecule has 1 aromatic carbocycles. The van der Waals surface area contributed by atoms with Gasteiger partial charge in [0.15, 0.2) is 0 Å². The van der Waals surface area contributed by atoms with E-state index >= 15 is 0 Å². The number of para-hydroxylation sites is 1. The first-order valence-corrected chi connectivity index (χ1v) is 16.3. The van der Waals surface area contributed by atoms with E-state index in [2.05, 4.69) is 10.6 Å². The van der Waals surface area contributed by atoms with Gasteiger partial charge in [-0.25, -0.2) is 0 Å². The highest BCUT2D eigenvalue weighted by Crippen LogP contribution is 2.43. The molecular formula is C28H49N2O9P. The number of unbranched alkanes of at least 4 members (excludes halogenated alkanes) is 7. The Kier molecular flexibility index (Phi) is 16.9. The molecule has 0 aliphatic carbocycles. The van der Waals surface area contributed by atoms with E-state index in [4.69, 9.17) is 9.26 Å². The van der Waals surface area contributed by atoms with Crippen molar-refractivity contribution in [2.75, 3.05) is 32.5 Å². The van der Waals surface area contributed by atoms with Crippen LogP contribution in [0, 0.1) is 0 Å². The number of hydrogen-bond donors (Lipinski definition) is 7. The minimum Gasteiger partial charge on any atom is -0.494 e. The molecular weight excluding hydrogens is 539 g/mol. The van der Waals surface area contributed by atoms with Gasteiger partial charge in [-0.05, 0) is 37.8 Å². The lowest BCUT2D eigenvalue weighted by atomic mass is 10.0. The van der Waals surface area contributed by atoms with Gasteiger partial charge in [-0.3, -0.25) is 9.36 Å². The topological polar surface area (TPSA) is 178 Å². The molecule has 1 saturated heterocycles. The first-order valence-electron chi connectivity index (χ1n) is 14.5. The SMILES string of the molecule is O=C(CCCCCCCCCCOc1ccccc1)NCCCOP(=O)(O)C[C@H](O)C[C@H]1N[C@H](CO)[C@@H](O)[C@@H]1O. The third-order valence-corrected chi connectivity index (χ3v) is 8.48. The zero-order valence-electron chi connectivity index (χ0n) is 23.4. The van der Waals surface area contributed by atoms with Gasteiger partial charge in [-0.15, -0.1) is 0 Å². The fraction of sp³-hybridized carbons (Fsp3) is 0.750. The van der Waals surface area contributed by atoms with Crippen LogP contribution in [0.5, 0.6) is 5.75 Å². The van der Waals surface area contributed by atoms with Gasteiger partial charge >= 0.3 is 7.60 Å². The van der Waals surface area contributed by atoms with Crippen LogP contribution in [0.1, 0.15) is 70.6 Å². The van der Waals surface area contributed by atoms with Crippen LogP contribution in [0.25, 0.3) is 0 Å². The van der Waals surface area contributed by atoms with E-state index in [0.717, 1.165) is 50.9 Å². The van der Waals surface area contributed by atoms with Crippen LogP contribution in [0.3, 0.4) is 0 Å². The van der Waals surface area contributed by atoms with Gasteiger partial charge in [-0.1, -0.05) is 56.7 Å². The van der Waals surface area contributed by atoms with E-state index < -0.39 is 44.2 Å². The summed E-state index contributed by atoms with van der Waals surface area (Å²) in [6, 6.07) is 8.41. The number of amides is 1. The highest BCUT2D eigenvalue weighted by atomic mass is 31.2. The maximum Gasteiger partial charge on any atom is 0.330 e. The zero-order chi connectivity index (χ0) is 29.2. The highest BCUT2D eigenvalue weighted by molar-refractivity contribution is 7.52. The summed E-state index contributed by atoms with van der Waals surface area (Å²) in [6.45, 7) is 0.649. The van der Waals surface area contributed by atoms with E-state index in [0.29, 0.717) is 19.4 Å². The van der Waals surface area contributed by atoms with Crippen molar-refractivity contribution in [2.24, 2.45) is 0 Å². The van der Waals surface area contributed by atoms with E-state index in [9.17, 15) is 34.7 Å². The van der Waals surface area contributed by atoms with E-state index in [1.54, 1.807) is 0 Å². The molecule has 1 aliphatic heterocycles. The van der Waals surface area contributed by atoms with Crippen molar-refractivity contribution in [3.63, 3.8) is 0 Å². The smallest absolute Gasteiger partial charge is 0.330 e. The number of ether oxygens (including phenoxy) is 1. The third-order valence-electron chi connectivity index (χ3n) is 7.01. The Labute approximate surface area is 237 Å². The van der Waals surface area contributed by atoms with Crippen LogP contribution in [0.2, 0.25) is 0 Å². The van der Waals surface area contributed by atoms with E-state index in [1.165, 1.54) is 12.8 Å². The Bertz CT molecular complexity index is 863. The van der Waals surface area contributed by atoms with Crippen molar-refractivity contribution in [3.8, 4) is 5.75 Å². The molecule has 1 unspecified atom stereocenters. The molecule has 1 aromatic rings. The molecule has 0 aromatic heterocycles. The molecule has 1 fully saturated rings. The Balaban J connectivity index is 1.39. The Morgan fingerprint density at radius 1 is 0.925 bits per heavy atom. The average molecular weight is 589 g/mol. The first kappa shape index (κ1) is 34.6. The molecule has 0 radical (unpaired) electrons. The van der Waals surface area contributed by atoms with Gasteiger partial charge in [0.1, 0.15) is 5.75 Å². The quantitative estimate of drug-likeness (QED) is 0.0784. The van der Waals surface area contributed by atoms with Crippen molar-refractivity contribution >= 4 is 13.5 Å². The largest absolute Gasteiger partial charge is 0.494 e. The molecule has 7 N–H and O–H groups in total.